The molecule has 0 spiro atoms. The number of rotatable bonds is 0. The van der Waals surface area contributed by atoms with Crippen LogP contribution >= 0.6 is 0 Å². The average Bonchev–Trinajstić information content (AvgIpc) is 2.45. The number of carbonyl (C=O) groups excluding carboxylic acids is 1. The molecule has 1 aliphatic heterocycles. The summed E-state index contributed by atoms with van der Waals surface area (Å²) in [5, 5.41) is 29.4. The summed E-state index contributed by atoms with van der Waals surface area (Å²) in [6.07, 6.45) is 8.76. The summed E-state index contributed by atoms with van der Waals surface area (Å²) in [5.41, 5.74) is 0.458. The van der Waals surface area contributed by atoms with Crippen molar-refractivity contribution in [3.8, 4) is 11.5 Å². The van der Waals surface area contributed by atoms with Gasteiger partial charge >= 0.3 is 5.97 Å². The minimum absolute atomic E-state index is 0.0481. The monoisotopic (exact) mass is 318 g/mol. The van der Waals surface area contributed by atoms with Crippen LogP contribution in [0.4, 0.5) is 0 Å². The first-order valence-electron chi connectivity index (χ1n) is 7.75. The number of phenols is 2. The molecule has 1 aromatic carbocycles. The van der Waals surface area contributed by atoms with Gasteiger partial charge in [-0.2, -0.15) is 0 Å². The van der Waals surface area contributed by atoms with Gasteiger partial charge in [0.15, 0.2) is 0 Å². The van der Waals surface area contributed by atoms with Crippen molar-refractivity contribution in [3.05, 3.63) is 41.5 Å². The lowest BCUT2D eigenvalue weighted by molar-refractivity contribution is 0.0344. The molecule has 0 saturated heterocycles. The van der Waals surface area contributed by atoms with Gasteiger partial charge in [0.05, 0.1) is 6.10 Å². The lowest BCUT2D eigenvalue weighted by Crippen LogP contribution is -2.16. The van der Waals surface area contributed by atoms with Crippen LogP contribution in [0.25, 0.3) is 6.08 Å². The molecule has 124 valence electrons. The highest BCUT2D eigenvalue weighted by Crippen LogP contribution is 2.29. The van der Waals surface area contributed by atoms with Crippen molar-refractivity contribution in [2.24, 2.45) is 0 Å². The van der Waals surface area contributed by atoms with E-state index in [9.17, 15) is 20.1 Å². The molecule has 0 bridgehead atoms. The van der Waals surface area contributed by atoms with Gasteiger partial charge < -0.3 is 20.1 Å². The number of hydrogen-bond acceptors (Lipinski definition) is 5. The third-order valence-electron chi connectivity index (χ3n) is 3.64. The van der Waals surface area contributed by atoms with Gasteiger partial charge in [0.2, 0.25) is 0 Å². The van der Waals surface area contributed by atoms with Gasteiger partial charge in [-0.15, -0.1) is 0 Å². The number of benzene rings is 1. The largest absolute Gasteiger partial charge is 0.508 e. The number of esters is 1. The topological polar surface area (TPSA) is 87.0 Å². The zero-order valence-corrected chi connectivity index (χ0v) is 13.1. The van der Waals surface area contributed by atoms with Gasteiger partial charge in [0, 0.05) is 12.5 Å². The summed E-state index contributed by atoms with van der Waals surface area (Å²) in [4.78, 5) is 12.3. The van der Waals surface area contributed by atoms with Crippen molar-refractivity contribution in [1.82, 2.24) is 0 Å². The second-order valence-electron chi connectivity index (χ2n) is 5.71. The van der Waals surface area contributed by atoms with Crippen LogP contribution in [0.5, 0.6) is 11.5 Å². The third-order valence-corrected chi connectivity index (χ3v) is 3.64. The molecule has 23 heavy (non-hydrogen) atoms. The SMILES string of the molecule is C[C@H]1CC=C[C@@H](O)CCCC=Cc2cc(O)cc(O)c2C(=O)O1. The molecular formula is C18H22O5. The van der Waals surface area contributed by atoms with Gasteiger partial charge in [0.25, 0.3) is 0 Å². The zero-order chi connectivity index (χ0) is 16.8. The molecule has 1 heterocycles. The van der Waals surface area contributed by atoms with E-state index in [1.165, 1.54) is 6.07 Å². The van der Waals surface area contributed by atoms with E-state index < -0.39 is 12.1 Å². The maximum Gasteiger partial charge on any atom is 0.342 e. The summed E-state index contributed by atoms with van der Waals surface area (Å²) >= 11 is 0. The molecule has 0 saturated carbocycles. The maximum atomic E-state index is 12.3. The van der Waals surface area contributed by atoms with E-state index in [1.807, 2.05) is 6.08 Å². The van der Waals surface area contributed by atoms with Crippen LogP contribution in [0.3, 0.4) is 0 Å². The first kappa shape index (κ1) is 17.1. The number of fused-ring (bicyclic) bond motifs is 1. The number of cyclic esters (lactones) is 1. The van der Waals surface area contributed by atoms with Crippen LogP contribution in [0.1, 0.15) is 48.5 Å². The standard InChI is InChI=1S/C18H22O5/c1-12-6-5-9-14(19)8-4-2-3-7-13-10-15(20)11-16(21)17(13)18(22)23-12/h3,5,7,9-12,14,19-21H,2,4,6,8H2,1H3/t12-,14-/m0/s1. The number of aliphatic hydroxyl groups is 1. The average molecular weight is 318 g/mol. The van der Waals surface area contributed by atoms with Crippen LogP contribution in [-0.4, -0.2) is 33.5 Å². The minimum atomic E-state index is -0.638. The molecule has 0 fully saturated rings. The van der Waals surface area contributed by atoms with Crippen LogP contribution in [0.15, 0.2) is 30.4 Å². The Balaban J connectivity index is 2.34. The fraction of sp³-hybridized carbons (Fsp3) is 0.389. The molecule has 5 heteroatoms. The Morgan fingerprint density at radius 3 is 2.78 bits per heavy atom. The lowest BCUT2D eigenvalue weighted by atomic mass is 10.0. The fourth-order valence-corrected chi connectivity index (χ4v) is 2.46. The number of phenolic OH excluding ortho intramolecular Hbond substituents is 2. The summed E-state index contributed by atoms with van der Waals surface area (Å²) in [6, 6.07) is 2.54. The predicted octanol–water partition coefficient (Wildman–Crippen LogP) is 3.15. The molecule has 2 rings (SSSR count). The van der Waals surface area contributed by atoms with Crippen LogP contribution in [0, 0.1) is 0 Å². The second kappa shape index (κ2) is 7.83. The number of allylic oxidation sites excluding steroid dienone is 1. The van der Waals surface area contributed by atoms with Gasteiger partial charge in [-0.1, -0.05) is 24.3 Å². The van der Waals surface area contributed by atoms with Crippen molar-refractivity contribution >= 4 is 12.0 Å². The highest BCUT2D eigenvalue weighted by atomic mass is 16.5. The Labute approximate surface area is 135 Å². The molecule has 0 aliphatic carbocycles. The molecule has 0 radical (unpaired) electrons. The molecule has 0 unspecified atom stereocenters. The van der Waals surface area contributed by atoms with Gasteiger partial charge in [-0.3, -0.25) is 0 Å². The highest BCUT2D eigenvalue weighted by Gasteiger charge is 2.20. The first-order chi connectivity index (χ1) is 11.0. The Kier molecular flexibility index (Phi) is 5.82. The highest BCUT2D eigenvalue weighted by molar-refractivity contribution is 5.97. The number of carbonyl (C=O) groups is 1. The van der Waals surface area contributed by atoms with Crippen LogP contribution < -0.4 is 0 Å². The Morgan fingerprint density at radius 1 is 1.22 bits per heavy atom. The Hall–Kier alpha value is -2.27. The third kappa shape index (κ3) is 4.86. The molecule has 3 N–H and O–H groups in total. The van der Waals surface area contributed by atoms with Gasteiger partial charge in [-0.25, -0.2) is 4.79 Å². The van der Waals surface area contributed by atoms with Gasteiger partial charge in [-0.05, 0) is 37.8 Å². The smallest absolute Gasteiger partial charge is 0.342 e. The summed E-state index contributed by atoms with van der Waals surface area (Å²) in [7, 11) is 0. The van der Waals surface area contributed by atoms with Gasteiger partial charge in [0.1, 0.15) is 23.2 Å². The molecule has 1 aliphatic rings. The van der Waals surface area contributed by atoms with E-state index in [0.717, 1.165) is 12.5 Å². The molecule has 1 aromatic rings. The number of aromatic hydroxyl groups is 2. The number of hydrogen-bond donors (Lipinski definition) is 3. The zero-order valence-electron chi connectivity index (χ0n) is 13.1. The fourth-order valence-electron chi connectivity index (χ4n) is 2.46. The Morgan fingerprint density at radius 2 is 2.00 bits per heavy atom. The van der Waals surface area contributed by atoms with Crippen LogP contribution in [-0.2, 0) is 4.74 Å². The Bertz CT molecular complexity index is 618. The first-order valence-corrected chi connectivity index (χ1v) is 7.75. The van der Waals surface area contributed by atoms with E-state index in [-0.39, 0.29) is 23.2 Å². The van der Waals surface area contributed by atoms with Crippen molar-refractivity contribution in [3.63, 3.8) is 0 Å². The van der Waals surface area contributed by atoms with Crippen molar-refractivity contribution in [2.45, 2.75) is 44.8 Å². The summed E-state index contributed by atoms with van der Waals surface area (Å²) in [6.45, 7) is 1.74. The van der Waals surface area contributed by atoms with E-state index in [2.05, 4.69) is 0 Å². The van der Waals surface area contributed by atoms with E-state index in [0.29, 0.717) is 24.8 Å². The second-order valence-corrected chi connectivity index (χ2v) is 5.71. The van der Waals surface area contributed by atoms with E-state index in [4.69, 9.17) is 4.74 Å². The number of aliphatic hydroxyl groups excluding tert-OH is 1. The van der Waals surface area contributed by atoms with E-state index in [1.54, 1.807) is 25.2 Å². The van der Waals surface area contributed by atoms with Crippen molar-refractivity contribution in [2.75, 3.05) is 0 Å². The summed E-state index contributed by atoms with van der Waals surface area (Å²) < 4.78 is 5.33. The van der Waals surface area contributed by atoms with Crippen molar-refractivity contribution in [1.29, 1.82) is 0 Å². The molecule has 0 aromatic heterocycles. The minimum Gasteiger partial charge on any atom is -0.508 e. The van der Waals surface area contributed by atoms with E-state index >= 15 is 0 Å². The maximum absolute atomic E-state index is 12.3. The predicted molar refractivity (Wildman–Crippen MR) is 87.3 cm³/mol. The number of ether oxygens (including phenoxy) is 1. The van der Waals surface area contributed by atoms with Crippen molar-refractivity contribution < 1.29 is 24.9 Å². The molecular weight excluding hydrogens is 296 g/mol. The molecule has 5 nitrogen and oxygen atoms in total. The molecule has 0 amide bonds. The summed E-state index contributed by atoms with van der Waals surface area (Å²) in [5.74, 6) is -1.06. The lowest BCUT2D eigenvalue weighted by Gasteiger charge is -2.15. The van der Waals surface area contributed by atoms with Crippen LogP contribution in [0.2, 0.25) is 0 Å². The normalized spacial score (nSPS) is 23.0. The quantitative estimate of drug-likeness (QED) is 0.505. The molecule has 2 atom stereocenters.